The molecule has 1 aliphatic rings. The zero-order chi connectivity index (χ0) is 23.5. The van der Waals surface area contributed by atoms with Gasteiger partial charge in [-0.05, 0) is 30.3 Å². The molecule has 1 fully saturated rings. The maximum Gasteiger partial charge on any atom is 0.418 e. The van der Waals surface area contributed by atoms with Gasteiger partial charge in [-0.1, -0.05) is 0 Å². The van der Waals surface area contributed by atoms with E-state index in [4.69, 9.17) is 9.29 Å². The van der Waals surface area contributed by atoms with Crippen molar-refractivity contribution in [1.82, 2.24) is 14.8 Å². The average Bonchev–Trinajstić information content (AvgIpc) is 2.77. The summed E-state index contributed by atoms with van der Waals surface area (Å²) in [6, 6.07) is 6.18. The number of benzene rings is 1. The molecule has 1 unspecified atom stereocenters. The van der Waals surface area contributed by atoms with Crippen molar-refractivity contribution in [2.24, 2.45) is 0 Å². The zero-order valence-corrected chi connectivity index (χ0v) is 17.6. The van der Waals surface area contributed by atoms with E-state index in [1.165, 1.54) is 35.1 Å². The molecule has 32 heavy (non-hydrogen) atoms. The number of methoxy groups -OCH3 is 1. The fourth-order valence-electron chi connectivity index (χ4n) is 3.25. The van der Waals surface area contributed by atoms with Gasteiger partial charge in [0.15, 0.2) is 0 Å². The molecule has 0 spiro atoms. The molecule has 1 aliphatic heterocycles. The van der Waals surface area contributed by atoms with Gasteiger partial charge in [-0.2, -0.15) is 13.2 Å². The van der Waals surface area contributed by atoms with Gasteiger partial charge < -0.3 is 14.5 Å². The minimum atomic E-state index is -4.71. The predicted molar refractivity (Wildman–Crippen MR) is 108 cm³/mol. The van der Waals surface area contributed by atoms with Gasteiger partial charge in [0, 0.05) is 37.9 Å². The number of alkyl halides is 3. The standard InChI is InChI=1S/C19H19F3N4O5S/c1-31-15-11-12(4-5-14(15)24-32(29)30)17(27)25-7-9-26(10-8-25)18(28)16-13(19(20,21)22)3-2-6-23-16/h2-6,11,24H,7-10H2,1H3,(H,29,30). The first-order valence-corrected chi connectivity index (χ1v) is 10.4. The summed E-state index contributed by atoms with van der Waals surface area (Å²) in [5.41, 5.74) is -1.31. The van der Waals surface area contributed by atoms with Crippen LogP contribution in [0.25, 0.3) is 0 Å². The van der Waals surface area contributed by atoms with Crippen LogP contribution in [0, 0.1) is 0 Å². The van der Waals surface area contributed by atoms with Gasteiger partial charge in [-0.25, -0.2) is 4.21 Å². The number of hydrogen-bond donors (Lipinski definition) is 2. The second kappa shape index (κ2) is 9.53. The maximum absolute atomic E-state index is 13.2. The van der Waals surface area contributed by atoms with E-state index >= 15 is 0 Å². The number of carbonyl (C=O) groups excluding carboxylic acids is 2. The molecular formula is C19H19F3N4O5S. The lowest BCUT2D eigenvalue weighted by atomic mass is 10.1. The van der Waals surface area contributed by atoms with Crippen molar-refractivity contribution in [3.8, 4) is 5.75 Å². The van der Waals surface area contributed by atoms with Gasteiger partial charge in [0.25, 0.3) is 23.1 Å². The molecule has 1 aromatic heterocycles. The first-order chi connectivity index (χ1) is 15.1. The van der Waals surface area contributed by atoms with Crippen LogP contribution in [0.15, 0.2) is 36.5 Å². The Morgan fingerprint density at radius 2 is 1.75 bits per heavy atom. The number of nitrogens with zero attached hydrogens (tertiary/aromatic N) is 3. The lowest BCUT2D eigenvalue weighted by molar-refractivity contribution is -0.138. The molecule has 3 rings (SSSR count). The van der Waals surface area contributed by atoms with Crippen LogP contribution in [-0.4, -0.2) is 68.6 Å². The van der Waals surface area contributed by atoms with Gasteiger partial charge in [-0.3, -0.25) is 23.8 Å². The molecule has 0 radical (unpaired) electrons. The van der Waals surface area contributed by atoms with Crippen molar-refractivity contribution < 1.29 is 36.3 Å². The van der Waals surface area contributed by atoms with Crippen molar-refractivity contribution in [2.75, 3.05) is 38.0 Å². The van der Waals surface area contributed by atoms with Crippen LogP contribution in [0.4, 0.5) is 18.9 Å². The molecule has 0 aliphatic carbocycles. The predicted octanol–water partition coefficient (Wildman–Crippen LogP) is 2.26. The van der Waals surface area contributed by atoms with Gasteiger partial charge in [0.2, 0.25) is 0 Å². The summed E-state index contributed by atoms with van der Waals surface area (Å²) in [6.07, 6.45) is -3.58. The van der Waals surface area contributed by atoms with Gasteiger partial charge in [0.1, 0.15) is 11.4 Å². The summed E-state index contributed by atoms with van der Waals surface area (Å²) < 4.78 is 66.8. The van der Waals surface area contributed by atoms with E-state index < -0.39 is 34.6 Å². The van der Waals surface area contributed by atoms with Crippen LogP contribution in [0.3, 0.4) is 0 Å². The molecule has 9 nitrogen and oxygen atoms in total. The fourth-order valence-corrected chi connectivity index (χ4v) is 3.61. The molecule has 1 atom stereocenters. The Morgan fingerprint density at radius 1 is 1.12 bits per heavy atom. The Morgan fingerprint density at radius 3 is 2.31 bits per heavy atom. The molecule has 2 amide bonds. The second-order valence-corrected chi connectivity index (χ2v) is 7.45. The number of ether oxygens (including phenoxy) is 1. The average molecular weight is 472 g/mol. The largest absolute Gasteiger partial charge is 0.495 e. The molecule has 0 saturated carbocycles. The van der Waals surface area contributed by atoms with Crippen LogP contribution < -0.4 is 9.46 Å². The number of aromatic nitrogens is 1. The minimum absolute atomic E-state index is 0.0404. The first kappa shape index (κ1) is 23.5. The molecule has 2 heterocycles. The summed E-state index contributed by atoms with van der Waals surface area (Å²) in [4.78, 5) is 31.7. The van der Waals surface area contributed by atoms with E-state index in [2.05, 4.69) is 9.71 Å². The van der Waals surface area contributed by atoms with Gasteiger partial charge in [0.05, 0.1) is 18.4 Å². The highest BCUT2D eigenvalue weighted by Crippen LogP contribution is 2.32. The highest BCUT2D eigenvalue weighted by molar-refractivity contribution is 7.80. The number of amides is 2. The minimum Gasteiger partial charge on any atom is -0.495 e. The van der Waals surface area contributed by atoms with Crippen molar-refractivity contribution in [3.63, 3.8) is 0 Å². The van der Waals surface area contributed by atoms with Crippen molar-refractivity contribution in [3.05, 3.63) is 53.3 Å². The van der Waals surface area contributed by atoms with E-state index in [0.29, 0.717) is 0 Å². The van der Waals surface area contributed by atoms with Crippen molar-refractivity contribution in [1.29, 1.82) is 0 Å². The van der Waals surface area contributed by atoms with Crippen LogP contribution in [-0.2, 0) is 17.4 Å². The molecule has 1 saturated heterocycles. The number of hydrogen-bond acceptors (Lipinski definition) is 5. The number of pyridine rings is 1. The molecule has 1 aromatic carbocycles. The number of nitrogens with one attached hydrogen (secondary N) is 1. The Bertz CT molecular complexity index is 1040. The highest BCUT2D eigenvalue weighted by atomic mass is 32.2. The van der Waals surface area contributed by atoms with E-state index in [1.807, 2.05) is 0 Å². The zero-order valence-electron chi connectivity index (χ0n) is 16.8. The summed E-state index contributed by atoms with van der Waals surface area (Å²) in [5, 5.41) is 0. The molecule has 13 heteroatoms. The maximum atomic E-state index is 13.2. The quantitative estimate of drug-likeness (QED) is 0.646. The monoisotopic (exact) mass is 472 g/mol. The lowest BCUT2D eigenvalue weighted by Gasteiger charge is -2.35. The first-order valence-electron chi connectivity index (χ1n) is 9.28. The van der Waals surface area contributed by atoms with E-state index in [9.17, 15) is 27.0 Å². The summed E-state index contributed by atoms with van der Waals surface area (Å²) in [7, 11) is 1.34. The van der Waals surface area contributed by atoms with E-state index in [0.717, 1.165) is 18.3 Å². The van der Waals surface area contributed by atoms with Gasteiger partial charge >= 0.3 is 6.18 Å². The topological polar surface area (TPSA) is 112 Å². The third-order valence-electron chi connectivity index (χ3n) is 4.82. The van der Waals surface area contributed by atoms with Crippen molar-refractivity contribution >= 4 is 28.8 Å². The number of anilines is 1. The molecular weight excluding hydrogens is 453 g/mol. The Balaban J connectivity index is 1.69. The van der Waals surface area contributed by atoms with Crippen LogP contribution >= 0.6 is 0 Å². The van der Waals surface area contributed by atoms with Crippen LogP contribution in [0.2, 0.25) is 0 Å². The lowest BCUT2D eigenvalue weighted by Crippen LogP contribution is -2.51. The second-order valence-electron chi connectivity index (χ2n) is 6.75. The van der Waals surface area contributed by atoms with Crippen LogP contribution in [0.1, 0.15) is 26.4 Å². The Labute approximate surface area is 183 Å². The Hall–Kier alpha value is -3.19. The summed E-state index contributed by atoms with van der Waals surface area (Å²) in [5.74, 6) is -1.04. The summed E-state index contributed by atoms with van der Waals surface area (Å²) in [6.45, 7) is 0.306. The Kier molecular flexibility index (Phi) is 6.99. The van der Waals surface area contributed by atoms with E-state index in [1.54, 1.807) is 0 Å². The number of halogens is 3. The summed E-state index contributed by atoms with van der Waals surface area (Å²) >= 11 is -2.32. The number of piperazine rings is 1. The molecule has 2 N–H and O–H groups in total. The molecule has 2 aromatic rings. The van der Waals surface area contributed by atoms with Gasteiger partial charge in [-0.15, -0.1) is 0 Å². The number of rotatable bonds is 5. The fraction of sp³-hybridized carbons (Fsp3) is 0.316. The van der Waals surface area contributed by atoms with Crippen LogP contribution in [0.5, 0.6) is 5.75 Å². The van der Waals surface area contributed by atoms with E-state index in [-0.39, 0.29) is 49.1 Å². The normalized spacial score (nSPS) is 15.3. The van der Waals surface area contributed by atoms with Crippen molar-refractivity contribution in [2.45, 2.75) is 6.18 Å². The highest BCUT2D eigenvalue weighted by Gasteiger charge is 2.37. The SMILES string of the molecule is COc1cc(C(=O)N2CCN(C(=O)c3ncccc3C(F)(F)F)CC2)ccc1NS(=O)O. The number of carbonyl (C=O) groups is 2. The third kappa shape index (κ3) is 5.16. The third-order valence-corrected chi connectivity index (χ3v) is 5.21. The smallest absolute Gasteiger partial charge is 0.418 e. The molecule has 172 valence electrons. The molecule has 0 bridgehead atoms.